The van der Waals surface area contributed by atoms with Gasteiger partial charge in [-0.25, -0.2) is 4.98 Å². The number of hydrogen-bond acceptors (Lipinski definition) is 5. The van der Waals surface area contributed by atoms with Crippen molar-refractivity contribution in [3.8, 4) is 0 Å². The normalized spacial score (nSPS) is 12.3. The Morgan fingerprint density at radius 1 is 1.34 bits per heavy atom. The largest absolute Gasteiger partial charge is 0.417 e. The van der Waals surface area contributed by atoms with Crippen molar-refractivity contribution >= 4 is 51.3 Å². The van der Waals surface area contributed by atoms with Gasteiger partial charge in [-0.3, -0.25) is 4.79 Å². The molecule has 11 heteroatoms. The molecule has 0 saturated carbocycles. The highest BCUT2D eigenvalue weighted by Gasteiger charge is 2.34. The highest BCUT2D eigenvalue weighted by atomic mass is 35.5. The summed E-state index contributed by atoms with van der Waals surface area (Å²) in [7, 11) is 0. The second kappa shape index (κ2) is 8.26. The van der Waals surface area contributed by atoms with Crippen molar-refractivity contribution in [3.63, 3.8) is 0 Å². The maximum absolute atomic E-state index is 12.8. The third-order valence-corrected chi connectivity index (χ3v) is 4.79. The van der Waals surface area contributed by atoms with Gasteiger partial charge in [0.2, 0.25) is 11.1 Å². The number of carbonyl (C=O) groups is 1. The first-order chi connectivity index (χ1) is 13.7. The van der Waals surface area contributed by atoms with Gasteiger partial charge in [-0.2, -0.15) is 13.2 Å². The van der Waals surface area contributed by atoms with E-state index in [0.717, 1.165) is 34.8 Å². The van der Waals surface area contributed by atoms with Gasteiger partial charge in [-0.05, 0) is 24.3 Å². The molecule has 2 aromatic heterocycles. The summed E-state index contributed by atoms with van der Waals surface area (Å²) in [5.74, 6) is -0.903. The van der Waals surface area contributed by atoms with E-state index < -0.39 is 23.4 Å². The Morgan fingerprint density at radius 2 is 2.10 bits per heavy atom. The molecular weight excluding hydrogens is 427 g/mol. The zero-order valence-electron chi connectivity index (χ0n) is 14.7. The SMILES string of the molecule is C=C/C=C(/NC(=O)CSc1nnc2c(n1)[nH]c1ccc(Cl)cc12)C(=C)C(F)(F)F. The van der Waals surface area contributed by atoms with Crippen molar-refractivity contribution in [2.24, 2.45) is 0 Å². The molecule has 0 spiro atoms. The van der Waals surface area contributed by atoms with Crippen LogP contribution >= 0.6 is 23.4 Å². The highest BCUT2D eigenvalue weighted by Crippen LogP contribution is 2.29. The minimum Gasteiger partial charge on any atom is -0.338 e. The first-order valence-corrected chi connectivity index (χ1v) is 9.39. The van der Waals surface area contributed by atoms with Gasteiger partial charge >= 0.3 is 6.18 Å². The number of amides is 1. The number of nitrogens with one attached hydrogen (secondary N) is 2. The minimum atomic E-state index is -4.67. The maximum Gasteiger partial charge on any atom is 0.417 e. The van der Waals surface area contributed by atoms with Gasteiger partial charge in [0.1, 0.15) is 5.52 Å². The van der Waals surface area contributed by atoms with Gasteiger partial charge in [-0.1, -0.05) is 42.6 Å². The molecular formula is C18H13ClF3N5OS. The van der Waals surface area contributed by atoms with E-state index in [9.17, 15) is 18.0 Å². The first kappa shape index (κ1) is 20.9. The van der Waals surface area contributed by atoms with Crippen LogP contribution in [0.3, 0.4) is 0 Å². The number of carbonyl (C=O) groups excluding carboxylic acids is 1. The van der Waals surface area contributed by atoms with E-state index in [4.69, 9.17) is 11.6 Å². The van der Waals surface area contributed by atoms with Crippen molar-refractivity contribution in [2.75, 3.05) is 5.75 Å². The number of nitrogens with zero attached hydrogens (tertiary/aromatic N) is 3. The molecule has 2 heterocycles. The minimum absolute atomic E-state index is 0.189. The Morgan fingerprint density at radius 3 is 2.79 bits per heavy atom. The molecule has 29 heavy (non-hydrogen) atoms. The second-order valence-corrected chi connectivity index (χ2v) is 7.11. The van der Waals surface area contributed by atoms with E-state index in [0.29, 0.717) is 16.2 Å². The summed E-state index contributed by atoms with van der Waals surface area (Å²) >= 11 is 6.92. The number of aromatic nitrogens is 4. The molecule has 2 N–H and O–H groups in total. The van der Waals surface area contributed by atoms with E-state index in [1.54, 1.807) is 18.2 Å². The fourth-order valence-electron chi connectivity index (χ4n) is 2.39. The number of thioether (sulfide) groups is 1. The number of alkyl halides is 3. The van der Waals surface area contributed by atoms with Gasteiger partial charge in [-0.15, -0.1) is 10.2 Å². The number of H-pyrrole nitrogens is 1. The lowest BCUT2D eigenvalue weighted by molar-refractivity contribution is -0.118. The van der Waals surface area contributed by atoms with E-state index in [1.807, 2.05) is 0 Å². The van der Waals surface area contributed by atoms with Crippen LogP contribution in [0, 0.1) is 0 Å². The predicted molar refractivity (Wildman–Crippen MR) is 107 cm³/mol. The molecule has 0 bridgehead atoms. The van der Waals surface area contributed by atoms with Gasteiger partial charge in [0.05, 0.1) is 17.0 Å². The van der Waals surface area contributed by atoms with Gasteiger partial charge in [0.25, 0.3) is 0 Å². The Labute approximate surface area is 171 Å². The molecule has 150 valence electrons. The fourth-order valence-corrected chi connectivity index (χ4v) is 3.15. The average molecular weight is 440 g/mol. The lowest BCUT2D eigenvalue weighted by atomic mass is 10.2. The van der Waals surface area contributed by atoms with Crippen LogP contribution in [0.4, 0.5) is 13.2 Å². The highest BCUT2D eigenvalue weighted by molar-refractivity contribution is 7.99. The van der Waals surface area contributed by atoms with Crippen molar-refractivity contribution in [3.05, 3.63) is 59.8 Å². The molecule has 6 nitrogen and oxygen atoms in total. The summed E-state index contributed by atoms with van der Waals surface area (Å²) in [5.41, 5.74) is 0.106. The maximum atomic E-state index is 12.8. The third kappa shape index (κ3) is 4.77. The topological polar surface area (TPSA) is 83.6 Å². The number of hydrogen-bond donors (Lipinski definition) is 2. The summed E-state index contributed by atoms with van der Waals surface area (Å²) in [6.45, 7) is 6.30. The van der Waals surface area contributed by atoms with Gasteiger partial charge < -0.3 is 10.3 Å². The molecule has 1 aromatic carbocycles. The van der Waals surface area contributed by atoms with Crippen molar-refractivity contribution < 1.29 is 18.0 Å². The Kier molecular flexibility index (Phi) is 5.94. The van der Waals surface area contributed by atoms with Gasteiger partial charge in [0.15, 0.2) is 5.65 Å². The van der Waals surface area contributed by atoms with Crippen LogP contribution in [-0.2, 0) is 4.79 Å². The van der Waals surface area contributed by atoms with Crippen LogP contribution in [-0.4, -0.2) is 38.0 Å². The molecule has 0 fully saturated rings. The zero-order chi connectivity index (χ0) is 21.2. The number of halogens is 4. The molecule has 1 amide bonds. The smallest absolute Gasteiger partial charge is 0.338 e. The summed E-state index contributed by atoms with van der Waals surface area (Å²) in [5, 5.41) is 11.7. The number of rotatable bonds is 6. The van der Waals surface area contributed by atoms with Crippen LogP contribution in [0.5, 0.6) is 0 Å². The Bertz CT molecular complexity index is 1160. The number of allylic oxidation sites excluding steroid dienone is 3. The molecule has 0 atom stereocenters. The van der Waals surface area contributed by atoms with E-state index >= 15 is 0 Å². The number of fused-ring (bicyclic) bond motifs is 3. The van der Waals surface area contributed by atoms with Crippen molar-refractivity contribution in [1.29, 1.82) is 0 Å². The average Bonchev–Trinajstić information content (AvgIpc) is 3.01. The third-order valence-electron chi connectivity index (χ3n) is 3.72. The van der Waals surface area contributed by atoms with Crippen LogP contribution in [0.1, 0.15) is 0 Å². The van der Waals surface area contributed by atoms with Crippen LogP contribution in [0.2, 0.25) is 5.02 Å². The van der Waals surface area contributed by atoms with Crippen LogP contribution in [0.15, 0.2) is 59.9 Å². The fraction of sp³-hybridized carbons (Fsp3) is 0.111. The molecule has 3 rings (SSSR count). The zero-order valence-corrected chi connectivity index (χ0v) is 16.3. The quantitative estimate of drug-likeness (QED) is 0.434. The van der Waals surface area contributed by atoms with Crippen molar-refractivity contribution in [1.82, 2.24) is 25.5 Å². The standard InChI is InChI=1S/C18H13ClF3N5OS/c1-3-4-12(9(2)18(20,21)22)23-14(28)8-29-17-25-16-15(26-27-17)11-7-10(19)5-6-13(11)24-16/h3-7H,1-2,8H2,(H,23,28)(H,24,25,27)/b12-4+. The molecule has 0 aliphatic carbocycles. The summed E-state index contributed by atoms with van der Waals surface area (Å²) < 4.78 is 38.4. The van der Waals surface area contributed by atoms with Crippen molar-refractivity contribution in [2.45, 2.75) is 11.3 Å². The van der Waals surface area contributed by atoms with Gasteiger partial charge in [0, 0.05) is 15.9 Å². The first-order valence-electron chi connectivity index (χ1n) is 8.02. The van der Waals surface area contributed by atoms with Crippen LogP contribution < -0.4 is 5.32 Å². The van der Waals surface area contributed by atoms with E-state index in [-0.39, 0.29) is 10.9 Å². The van der Waals surface area contributed by atoms with Crippen LogP contribution in [0.25, 0.3) is 22.1 Å². The predicted octanol–water partition coefficient (Wildman–Crippen LogP) is 4.56. The summed E-state index contributed by atoms with van der Waals surface area (Å²) in [6.07, 6.45) is -2.52. The molecule has 3 aromatic rings. The Hall–Kier alpha value is -2.85. The summed E-state index contributed by atoms with van der Waals surface area (Å²) in [4.78, 5) is 19.4. The molecule has 0 saturated heterocycles. The monoisotopic (exact) mass is 439 g/mol. The lowest BCUT2D eigenvalue weighted by Crippen LogP contribution is -2.29. The second-order valence-electron chi connectivity index (χ2n) is 5.74. The number of benzene rings is 1. The summed E-state index contributed by atoms with van der Waals surface area (Å²) in [6, 6.07) is 5.23. The lowest BCUT2D eigenvalue weighted by Gasteiger charge is -2.14. The molecule has 0 aliphatic rings. The Balaban J connectivity index is 1.72. The molecule has 0 unspecified atom stereocenters. The molecule has 0 aliphatic heterocycles. The van der Waals surface area contributed by atoms with E-state index in [2.05, 4.69) is 38.6 Å². The van der Waals surface area contributed by atoms with E-state index in [1.165, 1.54) is 0 Å². The number of aromatic amines is 1. The molecule has 0 radical (unpaired) electrons.